The predicted molar refractivity (Wildman–Crippen MR) is 92.5 cm³/mol. The van der Waals surface area contributed by atoms with Crippen LogP contribution >= 0.6 is 0 Å². The number of halogens is 3. The lowest BCUT2D eigenvalue weighted by molar-refractivity contribution is -0.419. The van der Waals surface area contributed by atoms with Crippen LogP contribution in [-0.2, 0) is 25.7 Å². The second-order valence-electron chi connectivity index (χ2n) is 7.34. The first kappa shape index (κ1) is 18.5. The van der Waals surface area contributed by atoms with Crippen LogP contribution in [0.2, 0.25) is 0 Å². The molecule has 1 saturated heterocycles. The molecule has 2 aromatic carbocycles. The third-order valence-corrected chi connectivity index (χ3v) is 5.63. The molecule has 0 N–H and O–H groups in total. The summed E-state index contributed by atoms with van der Waals surface area (Å²) in [7, 11) is 0. The zero-order valence-corrected chi connectivity index (χ0v) is 15.0. The first-order chi connectivity index (χ1) is 12.9. The fourth-order valence-electron chi connectivity index (χ4n) is 4.11. The highest BCUT2D eigenvalue weighted by Crippen LogP contribution is 2.54. The summed E-state index contributed by atoms with van der Waals surface area (Å²) < 4.78 is 47.6. The lowest BCUT2D eigenvalue weighted by Crippen LogP contribution is -2.46. The van der Waals surface area contributed by atoms with Crippen molar-refractivity contribution in [3.8, 4) is 0 Å². The van der Waals surface area contributed by atoms with Gasteiger partial charge in [-0.2, -0.15) is 22.9 Å². The minimum absolute atomic E-state index is 0.128. The zero-order valence-electron chi connectivity index (χ0n) is 15.0. The topological polar surface area (TPSA) is 27.7 Å². The maximum absolute atomic E-state index is 14.0. The molecule has 2 aliphatic rings. The van der Waals surface area contributed by atoms with Crippen molar-refractivity contribution in [3.63, 3.8) is 0 Å². The molecule has 1 saturated carbocycles. The van der Waals surface area contributed by atoms with Crippen molar-refractivity contribution in [2.24, 2.45) is 0 Å². The number of aryl methyl sites for hydroxylation is 1. The van der Waals surface area contributed by atoms with Gasteiger partial charge in [0.05, 0.1) is 0 Å². The van der Waals surface area contributed by atoms with Crippen molar-refractivity contribution in [1.82, 2.24) is 0 Å². The zero-order chi connectivity index (χ0) is 19.1. The highest BCUT2D eigenvalue weighted by atomic mass is 19.4. The van der Waals surface area contributed by atoms with E-state index in [2.05, 4.69) is 0 Å². The average molecular weight is 378 g/mol. The van der Waals surface area contributed by atoms with Gasteiger partial charge in [0.25, 0.3) is 0 Å². The van der Waals surface area contributed by atoms with Gasteiger partial charge in [-0.3, -0.25) is 0 Å². The van der Waals surface area contributed by atoms with Crippen LogP contribution in [-0.4, -0.2) is 12.5 Å². The molecule has 2 unspecified atom stereocenters. The number of rotatable bonds is 3. The van der Waals surface area contributed by atoms with Crippen LogP contribution in [0.5, 0.6) is 0 Å². The minimum atomic E-state index is -4.78. The van der Waals surface area contributed by atoms with Crippen molar-refractivity contribution in [1.29, 1.82) is 0 Å². The molecule has 2 fully saturated rings. The Hall–Kier alpha value is -1.89. The molecule has 2 aromatic rings. The number of benzene rings is 2. The van der Waals surface area contributed by atoms with E-state index in [4.69, 9.17) is 14.5 Å². The molecule has 6 heteroatoms. The molecular formula is C21H21F3O3. The highest BCUT2D eigenvalue weighted by molar-refractivity contribution is 5.31. The van der Waals surface area contributed by atoms with Crippen LogP contribution in [0.15, 0.2) is 54.6 Å². The van der Waals surface area contributed by atoms with Gasteiger partial charge in [0.15, 0.2) is 0 Å². The normalized spacial score (nSPS) is 27.8. The van der Waals surface area contributed by atoms with Crippen molar-refractivity contribution in [2.45, 2.75) is 56.3 Å². The largest absolute Gasteiger partial charge is 0.451 e. The summed E-state index contributed by atoms with van der Waals surface area (Å²) in [6.45, 7) is 1.97. The Labute approximate surface area is 156 Å². The highest BCUT2D eigenvalue weighted by Gasteiger charge is 2.67. The average Bonchev–Trinajstić information content (AvgIpc) is 3.31. The van der Waals surface area contributed by atoms with Crippen LogP contribution in [0.4, 0.5) is 13.2 Å². The quantitative estimate of drug-likeness (QED) is 0.658. The monoisotopic (exact) mass is 378 g/mol. The van der Waals surface area contributed by atoms with Gasteiger partial charge in [-0.05, 0) is 25.3 Å². The smallest absolute Gasteiger partial charge is 0.303 e. The molecule has 2 atom stereocenters. The Kier molecular flexibility index (Phi) is 4.53. The van der Waals surface area contributed by atoms with Crippen molar-refractivity contribution in [2.75, 3.05) is 0 Å². The van der Waals surface area contributed by atoms with Crippen LogP contribution in [0.25, 0.3) is 0 Å². The summed E-state index contributed by atoms with van der Waals surface area (Å²) >= 11 is 0. The van der Waals surface area contributed by atoms with Crippen molar-refractivity contribution in [3.05, 3.63) is 71.3 Å². The minimum Gasteiger partial charge on any atom is -0.303 e. The lowest BCUT2D eigenvalue weighted by Gasteiger charge is -2.34. The van der Waals surface area contributed by atoms with E-state index in [9.17, 15) is 13.2 Å². The number of hydrogen-bond acceptors (Lipinski definition) is 3. The molecule has 4 rings (SSSR count). The second kappa shape index (κ2) is 6.62. The molecule has 0 aromatic heterocycles. The van der Waals surface area contributed by atoms with Crippen molar-refractivity contribution < 1.29 is 27.7 Å². The Balaban J connectivity index is 1.73. The molecule has 0 spiro atoms. The van der Waals surface area contributed by atoms with E-state index in [0.717, 1.165) is 24.0 Å². The molecule has 3 nitrogen and oxygen atoms in total. The molecule has 1 aliphatic heterocycles. The Bertz CT molecular complexity index is 783. The summed E-state index contributed by atoms with van der Waals surface area (Å²) in [5.41, 5.74) is 1.22. The third-order valence-electron chi connectivity index (χ3n) is 5.63. The standard InChI is InChI=1S/C21H21F3O3/c1-15-9-11-16(12-10-15)19(13-5-6-14-19)18-25-20(27-26-18,21(22,23)24)17-7-3-2-4-8-17/h2-4,7-12,18H,5-6,13-14H2,1H3. The van der Waals surface area contributed by atoms with Gasteiger partial charge in [-0.1, -0.05) is 73.0 Å². The third kappa shape index (κ3) is 2.96. The maximum atomic E-state index is 14.0. The maximum Gasteiger partial charge on any atom is 0.451 e. The van der Waals surface area contributed by atoms with Gasteiger partial charge in [0, 0.05) is 11.0 Å². The van der Waals surface area contributed by atoms with Crippen LogP contribution < -0.4 is 0 Å². The van der Waals surface area contributed by atoms with Crippen molar-refractivity contribution >= 4 is 0 Å². The number of ether oxygens (including phenoxy) is 1. The summed E-state index contributed by atoms with van der Waals surface area (Å²) in [6, 6.07) is 15.2. The summed E-state index contributed by atoms with van der Waals surface area (Å²) in [5, 5.41) is 0. The molecule has 0 radical (unpaired) electrons. The Morgan fingerprint density at radius 1 is 0.889 bits per heavy atom. The van der Waals surface area contributed by atoms with Gasteiger partial charge < -0.3 is 4.74 Å². The summed E-state index contributed by atoms with van der Waals surface area (Å²) in [5.74, 6) is -2.92. The van der Waals surface area contributed by atoms with E-state index in [1.807, 2.05) is 31.2 Å². The van der Waals surface area contributed by atoms with Crippen LogP contribution in [0.3, 0.4) is 0 Å². The van der Waals surface area contributed by atoms with E-state index >= 15 is 0 Å². The van der Waals surface area contributed by atoms with Gasteiger partial charge in [0.1, 0.15) is 0 Å². The molecular weight excluding hydrogens is 357 g/mol. The Morgan fingerprint density at radius 2 is 1.52 bits per heavy atom. The van der Waals surface area contributed by atoms with Gasteiger partial charge in [-0.25, -0.2) is 0 Å². The summed E-state index contributed by atoms with van der Waals surface area (Å²) in [6.07, 6.45) is -2.73. The van der Waals surface area contributed by atoms with Gasteiger partial charge >= 0.3 is 12.0 Å². The van der Waals surface area contributed by atoms with E-state index in [-0.39, 0.29) is 5.56 Å². The first-order valence-corrected chi connectivity index (χ1v) is 9.09. The van der Waals surface area contributed by atoms with Gasteiger partial charge in [0.2, 0.25) is 6.29 Å². The molecule has 1 heterocycles. The molecule has 0 bridgehead atoms. The molecule has 1 aliphatic carbocycles. The summed E-state index contributed by atoms with van der Waals surface area (Å²) in [4.78, 5) is 10.2. The number of alkyl halides is 3. The Morgan fingerprint density at radius 3 is 2.11 bits per heavy atom. The van der Waals surface area contributed by atoms with Crippen LogP contribution in [0.1, 0.15) is 42.4 Å². The number of hydrogen-bond donors (Lipinski definition) is 0. The first-order valence-electron chi connectivity index (χ1n) is 9.09. The predicted octanol–water partition coefficient (Wildman–Crippen LogP) is 5.53. The fourth-order valence-corrected chi connectivity index (χ4v) is 4.11. The molecule has 27 heavy (non-hydrogen) atoms. The van der Waals surface area contributed by atoms with E-state index in [1.165, 1.54) is 24.3 Å². The molecule has 144 valence electrons. The fraction of sp³-hybridized carbons (Fsp3) is 0.429. The van der Waals surface area contributed by atoms with E-state index < -0.39 is 23.7 Å². The van der Waals surface area contributed by atoms with E-state index in [1.54, 1.807) is 6.07 Å². The lowest BCUT2D eigenvalue weighted by atomic mass is 9.78. The second-order valence-corrected chi connectivity index (χ2v) is 7.34. The van der Waals surface area contributed by atoms with Gasteiger partial charge in [-0.15, -0.1) is 0 Å². The van der Waals surface area contributed by atoms with Crippen LogP contribution in [0, 0.1) is 6.92 Å². The molecule has 0 amide bonds. The SMILES string of the molecule is Cc1ccc(C2(C3OOC(c4ccccc4)(C(F)(F)F)O3)CCCC2)cc1. The van der Waals surface area contributed by atoms with E-state index in [0.29, 0.717) is 12.8 Å².